The van der Waals surface area contributed by atoms with Crippen molar-refractivity contribution in [2.45, 2.75) is 0 Å². The number of rotatable bonds is 0. The number of para-hydroxylation sites is 2. The molecule has 2 aromatic carbocycles. The molecule has 9 heteroatoms. The standard InChI is InChI=1S/2C9H6NO2.2ClH.Pt/c2*10-7-5-6-3-1-2-4-8(6)12-9(7)11;;;/h2*1-5,10H;2*1H;/q2*-1;;;+4/p-2. The molecule has 0 unspecified atom stereocenters. The minimum absolute atomic E-state index is 0.103. The zero-order chi connectivity index (χ0) is 19.8. The Bertz CT molecular complexity index is 1070. The summed E-state index contributed by atoms with van der Waals surface area (Å²) in [6.07, 6.45) is 0. The molecule has 0 saturated carbocycles. The van der Waals surface area contributed by atoms with E-state index in [1.807, 2.05) is 12.1 Å². The van der Waals surface area contributed by atoms with Crippen LogP contribution < -0.4 is 11.3 Å². The maximum Gasteiger partial charge on any atom is 0.320 e. The summed E-state index contributed by atoms with van der Waals surface area (Å²) in [7, 11) is 9.75. The first-order valence-electron chi connectivity index (χ1n) is 7.27. The average molecular weight is 586 g/mol. The van der Waals surface area contributed by atoms with Crippen LogP contribution in [0.15, 0.2) is 79.1 Å². The third-order valence-electron chi connectivity index (χ3n) is 3.28. The van der Waals surface area contributed by atoms with Crippen molar-refractivity contribution in [3.05, 3.63) is 93.0 Å². The molecule has 0 saturated heterocycles. The van der Waals surface area contributed by atoms with Crippen molar-refractivity contribution in [1.29, 1.82) is 0 Å². The Morgan fingerprint density at radius 3 is 1.41 bits per heavy atom. The molecule has 142 valence electrons. The Labute approximate surface area is 170 Å². The van der Waals surface area contributed by atoms with Gasteiger partial charge in [0.15, 0.2) is 0 Å². The van der Waals surface area contributed by atoms with Crippen LogP contribution in [0.2, 0.25) is 0 Å². The first-order chi connectivity index (χ1) is 13.0. The second-order valence-corrected chi connectivity index (χ2v) is 8.30. The van der Waals surface area contributed by atoms with E-state index in [0.29, 0.717) is 11.2 Å². The molecule has 0 bridgehead atoms. The van der Waals surface area contributed by atoms with Gasteiger partial charge in [-0.25, -0.2) is 9.59 Å². The van der Waals surface area contributed by atoms with Crippen molar-refractivity contribution in [2.75, 3.05) is 0 Å². The SMILES string of the molecule is [Cl][Pt+2][Cl].[NH-]c1cc2ccccc2oc1=O.[NH-]c1cc2ccccc2oc1=O. The van der Waals surface area contributed by atoms with Crippen molar-refractivity contribution >= 4 is 52.1 Å². The van der Waals surface area contributed by atoms with Gasteiger partial charge in [-0.1, -0.05) is 59.9 Å². The maximum absolute atomic E-state index is 10.9. The smallest absolute Gasteiger partial charge is 0.320 e. The number of hydrogen-bond donors (Lipinski definition) is 0. The molecule has 2 aromatic heterocycles. The molecule has 0 amide bonds. The fourth-order valence-corrected chi connectivity index (χ4v) is 2.12. The van der Waals surface area contributed by atoms with Gasteiger partial charge in [-0.3, -0.25) is 0 Å². The molecule has 0 spiro atoms. The van der Waals surface area contributed by atoms with Gasteiger partial charge in [-0.05, 0) is 12.1 Å². The minimum atomic E-state index is -0.589. The van der Waals surface area contributed by atoms with Gasteiger partial charge in [0.1, 0.15) is 11.2 Å². The molecule has 6 nitrogen and oxygen atoms in total. The first kappa shape index (κ1) is 21.0. The molecule has 27 heavy (non-hydrogen) atoms. The largest absolute Gasteiger partial charge is 0.693 e. The molecular formula is C18H12Cl2N2O4Pt. The van der Waals surface area contributed by atoms with E-state index in [-0.39, 0.29) is 11.4 Å². The number of fused-ring (bicyclic) bond motifs is 2. The molecule has 4 rings (SSSR count). The third kappa shape index (κ3) is 5.86. The molecule has 4 aromatic rings. The minimum Gasteiger partial charge on any atom is -0.693 e. The van der Waals surface area contributed by atoms with Crippen LogP contribution >= 0.6 is 18.8 Å². The van der Waals surface area contributed by atoms with E-state index in [1.165, 1.54) is 12.1 Å². The molecule has 2 N–H and O–H groups in total. The van der Waals surface area contributed by atoms with Crippen LogP contribution in [0.4, 0.5) is 11.4 Å². The summed E-state index contributed by atoms with van der Waals surface area (Å²) in [5, 5.41) is 1.56. The topological polar surface area (TPSA) is 108 Å². The Kier molecular flexibility index (Phi) is 7.92. The number of nitrogens with one attached hydrogen (secondary N) is 2. The second kappa shape index (κ2) is 10.2. The van der Waals surface area contributed by atoms with Crippen LogP contribution in [-0.2, 0) is 16.5 Å². The van der Waals surface area contributed by atoms with Gasteiger partial charge >= 0.3 is 46.6 Å². The summed E-state index contributed by atoms with van der Waals surface area (Å²) >= 11 is -0.472. The fraction of sp³-hybridized carbons (Fsp3) is 0. The molecule has 0 atom stereocenters. The van der Waals surface area contributed by atoms with E-state index in [0.717, 1.165) is 10.8 Å². The quantitative estimate of drug-likeness (QED) is 0.225. The van der Waals surface area contributed by atoms with Gasteiger partial charge in [0.25, 0.3) is 0 Å². The van der Waals surface area contributed by atoms with E-state index in [1.54, 1.807) is 36.4 Å². The fourth-order valence-electron chi connectivity index (χ4n) is 2.12. The van der Waals surface area contributed by atoms with Crippen molar-refractivity contribution in [2.24, 2.45) is 0 Å². The van der Waals surface area contributed by atoms with E-state index in [4.69, 9.17) is 39.1 Å². The van der Waals surface area contributed by atoms with Crippen molar-refractivity contribution in [3.63, 3.8) is 0 Å². The van der Waals surface area contributed by atoms with Crippen LogP contribution in [0.5, 0.6) is 0 Å². The van der Waals surface area contributed by atoms with Gasteiger partial charge in [0.05, 0.1) is 0 Å². The molecule has 0 aliphatic heterocycles. The zero-order valence-corrected chi connectivity index (χ0v) is 17.3. The Hall–Kier alpha value is -2.27. The van der Waals surface area contributed by atoms with Crippen LogP contribution in [0.25, 0.3) is 33.4 Å². The maximum atomic E-state index is 10.9. The Balaban J connectivity index is 0.000000170. The summed E-state index contributed by atoms with van der Waals surface area (Å²) < 4.78 is 9.70. The van der Waals surface area contributed by atoms with Crippen molar-refractivity contribution < 1.29 is 25.3 Å². The molecule has 0 aliphatic rings. The van der Waals surface area contributed by atoms with Gasteiger partial charge < -0.3 is 20.3 Å². The van der Waals surface area contributed by atoms with Gasteiger partial charge in [0.2, 0.25) is 0 Å². The van der Waals surface area contributed by atoms with Gasteiger partial charge in [-0.15, -0.1) is 0 Å². The summed E-state index contributed by atoms with van der Waals surface area (Å²) in [4.78, 5) is 21.8. The van der Waals surface area contributed by atoms with Crippen LogP contribution in [0.1, 0.15) is 0 Å². The Morgan fingerprint density at radius 1 is 0.704 bits per heavy atom. The number of hydrogen-bond acceptors (Lipinski definition) is 4. The Morgan fingerprint density at radius 2 is 1.04 bits per heavy atom. The monoisotopic (exact) mass is 585 g/mol. The molecule has 0 radical (unpaired) electrons. The van der Waals surface area contributed by atoms with E-state index < -0.39 is 27.7 Å². The predicted octanol–water partition coefficient (Wildman–Crippen LogP) is 6.33. The summed E-state index contributed by atoms with van der Waals surface area (Å²) in [5.41, 5.74) is 14.1. The van der Waals surface area contributed by atoms with E-state index in [9.17, 15) is 9.59 Å². The summed E-state index contributed by atoms with van der Waals surface area (Å²) in [5.74, 6) is 0. The second-order valence-electron chi connectivity index (χ2n) is 5.02. The summed E-state index contributed by atoms with van der Waals surface area (Å²) in [6, 6.07) is 17.3. The van der Waals surface area contributed by atoms with Crippen LogP contribution in [0, 0.1) is 0 Å². The van der Waals surface area contributed by atoms with E-state index >= 15 is 0 Å². The normalized spacial score (nSPS) is 10.0. The molecule has 0 aliphatic carbocycles. The zero-order valence-electron chi connectivity index (χ0n) is 13.5. The van der Waals surface area contributed by atoms with Crippen LogP contribution in [0.3, 0.4) is 0 Å². The number of benzene rings is 2. The third-order valence-corrected chi connectivity index (χ3v) is 3.28. The van der Waals surface area contributed by atoms with Crippen molar-refractivity contribution in [3.8, 4) is 0 Å². The molecular weight excluding hydrogens is 574 g/mol. The van der Waals surface area contributed by atoms with E-state index in [2.05, 4.69) is 0 Å². The summed E-state index contributed by atoms with van der Waals surface area (Å²) in [6.45, 7) is 0. The molecule has 2 heterocycles. The number of halogens is 2. The average Bonchev–Trinajstić information content (AvgIpc) is 2.65. The van der Waals surface area contributed by atoms with Crippen LogP contribution in [-0.4, -0.2) is 0 Å². The molecule has 0 fully saturated rings. The predicted molar refractivity (Wildman–Crippen MR) is 105 cm³/mol. The van der Waals surface area contributed by atoms with Gasteiger partial charge in [0, 0.05) is 10.8 Å². The first-order valence-corrected chi connectivity index (χ1v) is 12.9. The van der Waals surface area contributed by atoms with Crippen molar-refractivity contribution in [1.82, 2.24) is 0 Å². The van der Waals surface area contributed by atoms with Gasteiger partial charge in [-0.2, -0.15) is 0 Å².